The highest BCUT2D eigenvalue weighted by Gasteiger charge is 2.32. The average Bonchev–Trinajstić information content (AvgIpc) is 3.49. The van der Waals surface area contributed by atoms with Crippen LogP contribution in [-0.4, -0.2) is 32.4 Å². The molecule has 0 aliphatic carbocycles. The van der Waals surface area contributed by atoms with Gasteiger partial charge in [0.05, 0.1) is 23.7 Å². The molecule has 0 bridgehead atoms. The maximum Gasteiger partial charge on any atom is 0.382 e. The molecule has 1 aliphatic rings. The monoisotopic (exact) mass is 447 g/mol. The molecule has 1 aliphatic heterocycles. The first-order valence-corrected chi connectivity index (χ1v) is 11.8. The van der Waals surface area contributed by atoms with Gasteiger partial charge in [-0.25, -0.2) is 9.97 Å². The summed E-state index contributed by atoms with van der Waals surface area (Å²) in [5, 5.41) is 0. The average molecular weight is 447 g/mol. The van der Waals surface area contributed by atoms with Crippen molar-refractivity contribution in [3.05, 3.63) is 82.4 Å². The van der Waals surface area contributed by atoms with Gasteiger partial charge >= 0.3 is 7.12 Å². The van der Waals surface area contributed by atoms with Crippen molar-refractivity contribution in [1.82, 2.24) is 23.9 Å². The lowest BCUT2D eigenvalue weighted by molar-refractivity contribution is 1.06. The third kappa shape index (κ3) is 3.00. The Morgan fingerprint density at radius 2 is 1.09 bits per heavy atom. The summed E-state index contributed by atoms with van der Waals surface area (Å²) in [5.41, 5.74) is 13.9. The number of benzene rings is 3. The molecule has 1 radical (unpaired) electrons. The molecule has 7 heteroatoms. The van der Waals surface area contributed by atoms with Crippen LogP contribution in [0.1, 0.15) is 33.4 Å². The smallest absolute Gasteiger partial charge is 0.382 e. The lowest BCUT2D eigenvalue weighted by Crippen LogP contribution is -2.49. The van der Waals surface area contributed by atoms with Crippen LogP contribution in [0.15, 0.2) is 49.1 Å². The Balaban J connectivity index is 1.63. The second-order valence-electron chi connectivity index (χ2n) is 9.84. The number of anilines is 1. The fourth-order valence-electron chi connectivity index (χ4n) is 5.11. The molecule has 0 atom stereocenters. The van der Waals surface area contributed by atoms with Crippen molar-refractivity contribution < 1.29 is 0 Å². The highest BCUT2D eigenvalue weighted by atomic mass is 15.3. The van der Waals surface area contributed by atoms with E-state index in [1.54, 1.807) is 0 Å². The summed E-state index contributed by atoms with van der Waals surface area (Å²) >= 11 is 0. The normalized spacial score (nSPS) is 13.1. The van der Waals surface area contributed by atoms with Crippen molar-refractivity contribution in [2.45, 2.75) is 41.5 Å². The predicted molar refractivity (Wildman–Crippen MR) is 143 cm³/mol. The molecule has 0 spiro atoms. The molecule has 0 fully saturated rings. The molecule has 169 valence electrons. The van der Waals surface area contributed by atoms with Gasteiger partial charge in [0.15, 0.2) is 0 Å². The lowest BCUT2D eigenvalue weighted by Gasteiger charge is -2.33. The van der Waals surface area contributed by atoms with Crippen molar-refractivity contribution in [3.63, 3.8) is 0 Å². The van der Waals surface area contributed by atoms with E-state index < -0.39 is 7.12 Å². The molecular weight excluding hydrogens is 419 g/mol. The first kappa shape index (κ1) is 20.7. The maximum atomic E-state index is 4.80. The highest BCUT2D eigenvalue weighted by Crippen LogP contribution is 2.34. The Hall–Kier alpha value is -3.87. The van der Waals surface area contributed by atoms with Gasteiger partial charge in [-0.15, -0.1) is 0 Å². The number of imidazole rings is 2. The standard InChI is InChI=1S/C27H28BN6/c1-16-7-22-25(10-19(16)4)32(13-29-22)28(33-14-30-23-8-17(2)20(5)11-26(23)33)34-15-31-24-9-18(3)21(6)12-27(24)34/h7-15,28H,1-6H3. The van der Waals surface area contributed by atoms with Gasteiger partial charge in [0.2, 0.25) is 12.0 Å². The number of aromatic nitrogens is 4. The molecular formula is C27H28BN6. The Labute approximate surface area is 199 Å². The number of rotatable bonds is 3. The maximum absolute atomic E-state index is 4.80. The van der Waals surface area contributed by atoms with E-state index >= 15 is 0 Å². The van der Waals surface area contributed by atoms with Crippen LogP contribution < -0.4 is 9.80 Å². The van der Waals surface area contributed by atoms with E-state index in [1.807, 2.05) is 19.0 Å². The molecule has 0 saturated heterocycles. The van der Waals surface area contributed by atoms with Crippen molar-refractivity contribution in [2.75, 3.05) is 4.81 Å². The molecule has 3 aromatic carbocycles. The van der Waals surface area contributed by atoms with Crippen LogP contribution in [0.25, 0.3) is 22.1 Å². The first-order valence-electron chi connectivity index (χ1n) is 11.8. The van der Waals surface area contributed by atoms with Gasteiger partial charge in [-0.2, -0.15) is 0 Å². The van der Waals surface area contributed by atoms with Gasteiger partial charge in [-0.3, -0.25) is 0 Å². The summed E-state index contributed by atoms with van der Waals surface area (Å²) in [6.07, 6.45) is 5.93. The molecule has 3 heterocycles. The van der Waals surface area contributed by atoms with Crippen molar-refractivity contribution in [3.8, 4) is 0 Å². The van der Waals surface area contributed by atoms with Gasteiger partial charge < -0.3 is 13.8 Å². The minimum atomic E-state index is -1.39. The summed E-state index contributed by atoms with van der Waals surface area (Å²) in [6.45, 7) is 12.9. The summed E-state index contributed by atoms with van der Waals surface area (Å²) in [7, 11) is -1.39. The van der Waals surface area contributed by atoms with Crippen molar-refractivity contribution in [2.24, 2.45) is 0 Å². The minimum Gasteiger partial charge on any atom is -0.450 e. The number of hydrogen-bond donors (Lipinski definition) is 0. The molecule has 0 amide bonds. The van der Waals surface area contributed by atoms with Crippen molar-refractivity contribution >= 4 is 46.9 Å². The van der Waals surface area contributed by atoms with E-state index in [0.717, 1.165) is 33.4 Å². The van der Waals surface area contributed by atoms with E-state index in [2.05, 4.69) is 91.7 Å². The number of nitrogens with zero attached hydrogens (tertiary/aromatic N) is 6. The zero-order chi connectivity index (χ0) is 23.7. The Kier molecular flexibility index (Phi) is 4.46. The van der Waals surface area contributed by atoms with Crippen LogP contribution in [0.3, 0.4) is 0 Å². The number of aryl methyl sites for hydroxylation is 6. The second-order valence-corrected chi connectivity index (χ2v) is 9.84. The lowest BCUT2D eigenvalue weighted by atomic mass is 9.86. The third-order valence-electron chi connectivity index (χ3n) is 7.62. The molecule has 6 rings (SSSR count). The number of fused-ring (bicyclic) bond motifs is 3. The molecule has 0 unspecified atom stereocenters. The third-order valence-corrected chi connectivity index (χ3v) is 7.62. The van der Waals surface area contributed by atoms with Gasteiger partial charge in [-0.1, -0.05) is 0 Å². The highest BCUT2D eigenvalue weighted by molar-refractivity contribution is 6.66. The summed E-state index contributed by atoms with van der Waals surface area (Å²) in [5.74, 6) is 0. The van der Waals surface area contributed by atoms with Crippen LogP contribution in [0.5, 0.6) is 0 Å². The SMILES string of the molecule is Cc1cc2c(cc1C)N([BH-](n1cnc3cc(C)c(C)cc31)n1cnc3cc(C)c(C)cc31)C=[N+]2. The molecule has 0 N–H and O–H groups in total. The Bertz CT molecular complexity index is 1550. The molecule has 5 aromatic rings. The van der Waals surface area contributed by atoms with Gasteiger partial charge in [0.1, 0.15) is 5.69 Å². The van der Waals surface area contributed by atoms with Gasteiger partial charge in [0.25, 0.3) is 0 Å². The topological polar surface area (TPSA) is 53.0 Å². The molecule has 2 aromatic heterocycles. The van der Waals surface area contributed by atoms with Crippen molar-refractivity contribution in [1.29, 1.82) is 0 Å². The zero-order valence-corrected chi connectivity index (χ0v) is 20.6. The molecule has 34 heavy (non-hydrogen) atoms. The predicted octanol–water partition coefficient (Wildman–Crippen LogP) is 4.87. The zero-order valence-electron chi connectivity index (χ0n) is 20.6. The van der Waals surface area contributed by atoms with E-state index in [1.165, 1.54) is 33.4 Å². The van der Waals surface area contributed by atoms with Gasteiger partial charge in [0, 0.05) is 11.0 Å². The first-order chi connectivity index (χ1) is 16.3. The number of hydrogen-bond acceptors (Lipinski definition) is 4. The molecule has 0 saturated carbocycles. The van der Waals surface area contributed by atoms with Crippen LogP contribution in [0, 0.1) is 41.5 Å². The minimum absolute atomic E-state index is 1.01. The van der Waals surface area contributed by atoms with E-state index in [-0.39, 0.29) is 0 Å². The summed E-state index contributed by atoms with van der Waals surface area (Å²) < 4.78 is 4.63. The van der Waals surface area contributed by atoms with Crippen LogP contribution in [-0.2, 0) is 0 Å². The Morgan fingerprint density at radius 3 is 1.65 bits per heavy atom. The summed E-state index contributed by atoms with van der Waals surface area (Å²) in [4.78, 5) is 16.7. The van der Waals surface area contributed by atoms with Crippen LogP contribution >= 0.6 is 0 Å². The van der Waals surface area contributed by atoms with E-state index in [4.69, 9.17) is 15.0 Å². The fourth-order valence-corrected chi connectivity index (χ4v) is 5.11. The van der Waals surface area contributed by atoms with Gasteiger partial charge in [-0.05, 0) is 116 Å². The Morgan fingerprint density at radius 1 is 0.618 bits per heavy atom. The van der Waals surface area contributed by atoms with E-state index in [0.29, 0.717) is 0 Å². The van der Waals surface area contributed by atoms with E-state index in [9.17, 15) is 0 Å². The number of aliphatic imine (C=N–C) groups is 1. The largest absolute Gasteiger partial charge is 0.450 e. The van der Waals surface area contributed by atoms with Crippen LogP contribution in [0.2, 0.25) is 0 Å². The second kappa shape index (κ2) is 7.32. The molecule has 6 nitrogen and oxygen atoms in total. The fraction of sp³-hybridized carbons (Fsp3) is 0.222. The summed E-state index contributed by atoms with van der Waals surface area (Å²) in [6, 6.07) is 13.3. The van der Waals surface area contributed by atoms with Crippen LogP contribution in [0.4, 0.5) is 11.4 Å². The quantitative estimate of drug-likeness (QED) is 0.371.